The summed E-state index contributed by atoms with van der Waals surface area (Å²) in [6.45, 7) is 1.02. The molecule has 1 fully saturated rings. The van der Waals surface area contributed by atoms with Crippen molar-refractivity contribution in [1.82, 2.24) is 9.29 Å². The molecule has 0 aliphatic carbocycles. The quantitative estimate of drug-likeness (QED) is 0.716. The zero-order valence-corrected chi connectivity index (χ0v) is 16.5. The van der Waals surface area contributed by atoms with Crippen molar-refractivity contribution in [2.75, 3.05) is 24.2 Å². The highest BCUT2D eigenvalue weighted by atomic mass is 32.2. The molecule has 0 bridgehead atoms. The van der Waals surface area contributed by atoms with Crippen molar-refractivity contribution in [3.05, 3.63) is 48.2 Å². The van der Waals surface area contributed by atoms with Gasteiger partial charge in [0.2, 0.25) is 15.9 Å². The third-order valence-corrected chi connectivity index (χ3v) is 7.04. The highest BCUT2D eigenvalue weighted by Gasteiger charge is 2.26. The normalized spacial score (nSPS) is 15.4. The van der Waals surface area contributed by atoms with Gasteiger partial charge in [0.15, 0.2) is 0 Å². The van der Waals surface area contributed by atoms with E-state index < -0.39 is 27.6 Å². The number of hydrogen-bond donors (Lipinski definition) is 1. The minimum atomic E-state index is -3.55. The minimum absolute atomic E-state index is 0.0822. The van der Waals surface area contributed by atoms with Gasteiger partial charge >= 0.3 is 0 Å². The monoisotopic (exact) mass is 427 g/mol. The standard InChI is InChI=1S/C18H19F2N3O3S2/c19-13-4-6-15(20)16(10-13)22-17(24)12-27-18-7-5-14(11-21-18)28(25,26)23-8-2-1-3-9-23/h4-7,10-11H,1-3,8-9,12H2,(H,22,24). The molecular weight excluding hydrogens is 408 g/mol. The predicted octanol–water partition coefficient (Wildman–Crippen LogP) is 3.27. The van der Waals surface area contributed by atoms with Crippen LogP contribution in [0.3, 0.4) is 0 Å². The topological polar surface area (TPSA) is 79.4 Å². The average molecular weight is 427 g/mol. The summed E-state index contributed by atoms with van der Waals surface area (Å²) in [5, 5.41) is 2.75. The van der Waals surface area contributed by atoms with Gasteiger partial charge in [0, 0.05) is 25.4 Å². The molecule has 1 saturated heterocycles. The number of carbonyl (C=O) groups excluding carboxylic acids is 1. The maximum Gasteiger partial charge on any atom is 0.244 e. The van der Waals surface area contributed by atoms with Gasteiger partial charge in [-0.15, -0.1) is 0 Å². The van der Waals surface area contributed by atoms with E-state index in [0.717, 1.165) is 49.2 Å². The van der Waals surface area contributed by atoms with Crippen LogP contribution in [0, 0.1) is 11.6 Å². The number of carbonyl (C=O) groups is 1. The largest absolute Gasteiger partial charge is 0.323 e. The van der Waals surface area contributed by atoms with Gasteiger partial charge in [0.25, 0.3) is 0 Å². The predicted molar refractivity (Wildman–Crippen MR) is 103 cm³/mol. The van der Waals surface area contributed by atoms with Crippen molar-refractivity contribution in [2.45, 2.75) is 29.2 Å². The minimum Gasteiger partial charge on any atom is -0.323 e. The number of aromatic nitrogens is 1. The average Bonchev–Trinajstić information content (AvgIpc) is 2.70. The molecule has 6 nitrogen and oxygen atoms in total. The van der Waals surface area contributed by atoms with E-state index >= 15 is 0 Å². The van der Waals surface area contributed by atoms with Gasteiger partial charge < -0.3 is 5.32 Å². The lowest BCUT2D eigenvalue weighted by atomic mass is 10.2. The molecule has 0 atom stereocenters. The Hall–Kier alpha value is -2.04. The van der Waals surface area contributed by atoms with Crippen molar-refractivity contribution in [3.8, 4) is 0 Å². The number of nitrogens with zero attached hydrogens (tertiary/aromatic N) is 2. The molecule has 1 N–H and O–H groups in total. The number of rotatable bonds is 6. The number of sulfonamides is 1. The summed E-state index contributed by atoms with van der Waals surface area (Å²) in [6.07, 6.45) is 4.00. The molecule has 2 heterocycles. The molecule has 0 unspecified atom stereocenters. The molecule has 0 spiro atoms. The third-order valence-electron chi connectivity index (χ3n) is 4.22. The van der Waals surface area contributed by atoms with Gasteiger partial charge in [-0.1, -0.05) is 18.2 Å². The summed E-state index contributed by atoms with van der Waals surface area (Å²) in [6, 6.07) is 5.78. The van der Waals surface area contributed by atoms with E-state index in [4.69, 9.17) is 0 Å². The Morgan fingerprint density at radius 2 is 1.89 bits per heavy atom. The van der Waals surface area contributed by atoms with Crippen LogP contribution in [0.4, 0.5) is 14.5 Å². The Morgan fingerprint density at radius 1 is 1.14 bits per heavy atom. The fourth-order valence-corrected chi connectivity index (χ4v) is 4.88. The van der Waals surface area contributed by atoms with Crippen molar-refractivity contribution in [3.63, 3.8) is 0 Å². The van der Waals surface area contributed by atoms with Crippen LogP contribution < -0.4 is 5.32 Å². The van der Waals surface area contributed by atoms with Crippen molar-refractivity contribution < 1.29 is 22.0 Å². The molecule has 0 saturated carbocycles. The number of piperidine rings is 1. The highest BCUT2D eigenvalue weighted by molar-refractivity contribution is 7.99. The summed E-state index contributed by atoms with van der Waals surface area (Å²) in [7, 11) is -3.55. The van der Waals surface area contributed by atoms with Gasteiger partial charge in [-0.3, -0.25) is 4.79 Å². The first-order valence-electron chi connectivity index (χ1n) is 8.70. The molecule has 1 aromatic carbocycles. The summed E-state index contributed by atoms with van der Waals surface area (Å²) in [5.74, 6) is -2.00. The number of nitrogens with one attached hydrogen (secondary N) is 1. The van der Waals surface area contributed by atoms with Gasteiger partial charge in [0.1, 0.15) is 16.5 Å². The smallest absolute Gasteiger partial charge is 0.244 e. The molecule has 150 valence electrons. The van der Waals surface area contributed by atoms with Crippen LogP contribution in [0.2, 0.25) is 0 Å². The summed E-state index contributed by atoms with van der Waals surface area (Å²) in [5.41, 5.74) is -0.235. The first-order chi connectivity index (χ1) is 13.4. The molecule has 2 aromatic rings. The Labute approximate surface area is 166 Å². The first kappa shape index (κ1) is 20.7. The Balaban J connectivity index is 1.58. The summed E-state index contributed by atoms with van der Waals surface area (Å²) < 4.78 is 53.3. The lowest BCUT2D eigenvalue weighted by Crippen LogP contribution is -2.35. The van der Waals surface area contributed by atoms with Gasteiger partial charge in [-0.2, -0.15) is 4.31 Å². The second-order valence-electron chi connectivity index (χ2n) is 6.26. The first-order valence-corrected chi connectivity index (χ1v) is 11.1. The molecular formula is C18H19F2N3O3S2. The van der Waals surface area contributed by atoms with E-state index in [1.165, 1.54) is 22.6 Å². The van der Waals surface area contributed by atoms with E-state index in [1.54, 1.807) is 0 Å². The van der Waals surface area contributed by atoms with E-state index in [-0.39, 0.29) is 16.3 Å². The molecule has 1 amide bonds. The van der Waals surface area contributed by atoms with Crippen LogP contribution in [0.15, 0.2) is 46.5 Å². The number of thioether (sulfide) groups is 1. The van der Waals surface area contributed by atoms with Crippen molar-refractivity contribution >= 4 is 33.4 Å². The summed E-state index contributed by atoms with van der Waals surface area (Å²) >= 11 is 1.06. The second kappa shape index (κ2) is 8.97. The Bertz CT molecular complexity index is 947. The lowest BCUT2D eigenvalue weighted by molar-refractivity contribution is -0.113. The maximum absolute atomic E-state index is 13.5. The van der Waals surface area contributed by atoms with E-state index in [9.17, 15) is 22.0 Å². The van der Waals surface area contributed by atoms with Crippen LogP contribution in [0.1, 0.15) is 19.3 Å². The zero-order valence-electron chi connectivity index (χ0n) is 14.9. The summed E-state index contributed by atoms with van der Waals surface area (Å²) in [4.78, 5) is 16.1. The van der Waals surface area contributed by atoms with Crippen LogP contribution in [0.5, 0.6) is 0 Å². The van der Waals surface area contributed by atoms with Crippen LogP contribution >= 0.6 is 11.8 Å². The molecule has 0 radical (unpaired) electrons. The number of halogens is 2. The fourth-order valence-electron chi connectivity index (χ4n) is 2.78. The Kier molecular flexibility index (Phi) is 6.63. The molecule has 28 heavy (non-hydrogen) atoms. The Morgan fingerprint density at radius 3 is 2.57 bits per heavy atom. The van der Waals surface area contributed by atoms with E-state index in [1.807, 2.05) is 0 Å². The zero-order chi connectivity index (χ0) is 20.1. The number of benzene rings is 1. The van der Waals surface area contributed by atoms with Crippen molar-refractivity contribution in [2.24, 2.45) is 0 Å². The second-order valence-corrected chi connectivity index (χ2v) is 9.19. The highest BCUT2D eigenvalue weighted by Crippen LogP contribution is 2.23. The number of amides is 1. The SMILES string of the molecule is O=C(CSc1ccc(S(=O)(=O)N2CCCCC2)cn1)Nc1cc(F)ccc1F. The molecule has 1 aliphatic heterocycles. The van der Waals surface area contributed by atoms with Crippen LogP contribution in [0.25, 0.3) is 0 Å². The third kappa shape index (κ3) is 5.06. The van der Waals surface area contributed by atoms with Gasteiger partial charge in [0.05, 0.1) is 16.5 Å². The van der Waals surface area contributed by atoms with Crippen molar-refractivity contribution in [1.29, 1.82) is 0 Å². The van der Waals surface area contributed by atoms with Gasteiger partial charge in [-0.05, 0) is 37.1 Å². The fraction of sp³-hybridized carbons (Fsp3) is 0.333. The molecule has 1 aromatic heterocycles. The molecule has 10 heteroatoms. The molecule has 1 aliphatic rings. The van der Waals surface area contributed by atoms with Crippen LogP contribution in [-0.4, -0.2) is 42.5 Å². The lowest BCUT2D eigenvalue weighted by Gasteiger charge is -2.25. The van der Waals surface area contributed by atoms with Gasteiger partial charge in [-0.25, -0.2) is 22.2 Å². The number of anilines is 1. The van der Waals surface area contributed by atoms with E-state index in [2.05, 4.69) is 10.3 Å². The van der Waals surface area contributed by atoms with Crippen LogP contribution in [-0.2, 0) is 14.8 Å². The number of hydrogen-bond acceptors (Lipinski definition) is 5. The maximum atomic E-state index is 13.5. The molecule has 3 rings (SSSR count). The number of pyridine rings is 1. The van der Waals surface area contributed by atoms with E-state index in [0.29, 0.717) is 18.1 Å².